The van der Waals surface area contributed by atoms with Crippen molar-refractivity contribution in [3.63, 3.8) is 0 Å². The second kappa shape index (κ2) is 7.34. The Hall–Kier alpha value is -2.35. The van der Waals surface area contributed by atoms with Gasteiger partial charge < -0.3 is 9.64 Å². The van der Waals surface area contributed by atoms with Crippen LogP contribution < -0.4 is 0 Å². The second-order valence-corrected chi connectivity index (χ2v) is 7.38. The SMILES string of the molecule is Cn1cc(C[C@H]2[C@H](OCC3CC3)CCN2C(=O)c2cc(F)ncc2F)cn1. The molecule has 1 aliphatic carbocycles. The molecule has 0 radical (unpaired) electrons. The van der Waals surface area contributed by atoms with Gasteiger partial charge in [0, 0.05) is 32.5 Å². The highest BCUT2D eigenvalue weighted by Crippen LogP contribution is 2.32. The molecule has 8 heteroatoms. The molecule has 2 atom stereocenters. The molecular formula is C19H22F2N4O2. The number of amides is 1. The van der Waals surface area contributed by atoms with Crippen molar-refractivity contribution < 1.29 is 18.3 Å². The first-order chi connectivity index (χ1) is 13.0. The second-order valence-electron chi connectivity index (χ2n) is 7.38. The van der Waals surface area contributed by atoms with Gasteiger partial charge in [-0.1, -0.05) is 0 Å². The van der Waals surface area contributed by atoms with E-state index in [1.54, 1.807) is 15.8 Å². The van der Waals surface area contributed by atoms with E-state index in [1.165, 1.54) is 12.8 Å². The van der Waals surface area contributed by atoms with Gasteiger partial charge in [-0.15, -0.1) is 0 Å². The molecule has 0 N–H and O–H groups in total. The maximum Gasteiger partial charge on any atom is 0.257 e. The van der Waals surface area contributed by atoms with E-state index in [0.29, 0.717) is 31.9 Å². The van der Waals surface area contributed by atoms with Crippen molar-refractivity contribution in [3.8, 4) is 0 Å². The van der Waals surface area contributed by atoms with Gasteiger partial charge in [0.2, 0.25) is 5.95 Å². The Labute approximate surface area is 156 Å². The van der Waals surface area contributed by atoms with Gasteiger partial charge in [0.25, 0.3) is 5.91 Å². The number of pyridine rings is 1. The molecular weight excluding hydrogens is 354 g/mol. The van der Waals surface area contributed by atoms with E-state index in [9.17, 15) is 13.6 Å². The zero-order chi connectivity index (χ0) is 19.0. The smallest absolute Gasteiger partial charge is 0.257 e. The highest BCUT2D eigenvalue weighted by molar-refractivity contribution is 5.94. The van der Waals surface area contributed by atoms with Crippen LogP contribution in [0.3, 0.4) is 0 Å². The van der Waals surface area contributed by atoms with Crippen molar-refractivity contribution in [2.45, 2.75) is 37.8 Å². The van der Waals surface area contributed by atoms with E-state index >= 15 is 0 Å². The molecule has 1 saturated heterocycles. The van der Waals surface area contributed by atoms with Crippen LogP contribution >= 0.6 is 0 Å². The predicted octanol–water partition coefficient (Wildman–Crippen LogP) is 2.35. The fraction of sp³-hybridized carbons (Fsp3) is 0.526. The molecule has 0 bridgehead atoms. The number of rotatable bonds is 6. The number of nitrogens with zero attached hydrogens (tertiary/aromatic N) is 4. The van der Waals surface area contributed by atoms with E-state index in [2.05, 4.69) is 10.1 Å². The lowest BCUT2D eigenvalue weighted by Crippen LogP contribution is -2.42. The average Bonchev–Trinajstić information content (AvgIpc) is 3.26. The van der Waals surface area contributed by atoms with E-state index < -0.39 is 17.7 Å². The predicted molar refractivity (Wildman–Crippen MR) is 93.0 cm³/mol. The minimum absolute atomic E-state index is 0.121. The summed E-state index contributed by atoms with van der Waals surface area (Å²) in [5.74, 6) is -1.60. The van der Waals surface area contributed by atoms with Crippen molar-refractivity contribution in [2.75, 3.05) is 13.2 Å². The summed E-state index contributed by atoms with van der Waals surface area (Å²) in [6.07, 6.45) is 7.88. The number of likely N-dealkylation sites (tertiary alicyclic amines) is 1. The first-order valence-corrected chi connectivity index (χ1v) is 9.22. The number of hydrogen-bond acceptors (Lipinski definition) is 4. The van der Waals surface area contributed by atoms with Crippen LogP contribution in [0, 0.1) is 17.7 Å². The molecule has 4 rings (SSSR count). The number of carbonyl (C=O) groups is 1. The largest absolute Gasteiger partial charge is 0.376 e. The van der Waals surface area contributed by atoms with Gasteiger partial charge in [-0.2, -0.15) is 9.49 Å². The molecule has 27 heavy (non-hydrogen) atoms. The van der Waals surface area contributed by atoms with Crippen molar-refractivity contribution in [2.24, 2.45) is 13.0 Å². The number of halogens is 2. The summed E-state index contributed by atoms with van der Waals surface area (Å²) >= 11 is 0. The molecule has 2 aliphatic rings. The lowest BCUT2D eigenvalue weighted by atomic mass is 10.0. The number of aryl methyl sites for hydroxylation is 1. The summed E-state index contributed by atoms with van der Waals surface area (Å²) in [4.78, 5) is 17.8. The van der Waals surface area contributed by atoms with E-state index in [4.69, 9.17) is 4.74 Å². The third-order valence-corrected chi connectivity index (χ3v) is 5.24. The lowest BCUT2D eigenvalue weighted by molar-refractivity contribution is 0.0199. The van der Waals surface area contributed by atoms with Crippen LogP contribution in [0.15, 0.2) is 24.7 Å². The summed E-state index contributed by atoms with van der Waals surface area (Å²) in [6, 6.07) is 0.619. The summed E-state index contributed by atoms with van der Waals surface area (Å²) < 4.78 is 35.3. The molecule has 0 aromatic carbocycles. The highest BCUT2D eigenvalue weighted by Gasteiger charge is 2.40. The summed E-state index contributed by atoms with van der Waals surface area (Å²) in [5, 5.41) is 4.18. The van der Waals surface area contributed by atoms with Crippen molar-refractivity contribution in [3.05, 3.63) is 47.5 Å². The van der Waals surface area contributed by atoms with Gasteiger partial charge in [-0.05, 0) is 37.2 Å². The zero-order valence-electron chi connectivity index (χ0n) is 15.1. The Morgan fingerprint density at radius 2 is 2.11 bits per heavy atom. The number of ether oxygens (including phenoxy) is 1. The Balaban J connectivity index is 1.56. The van der Waals surface area contributed by atoms with Crippen molar-refractivity contribution >= 4 is 5.91 Å². The quantitative estimate of drug-likeness (QED) is 0.726. The fourth-order valence-electron chi connectivity index (χ4n) is 3.61. The average molecular weight is 376 g/mol. The fourth-order valence-corrected chi connectivity index (χ4v) is 3.61. The van der Waals surface area contributed by atoms with Crippen LogP contribution in [0.25, 0.3) is 0 Å². The maximum absolute atomic E-state index is 14.1. The molecule has 2 aromatic heterocycles. The van der Waals surface area contributed by atoms with Gasteiger partial charge in [0.15, 0.2) is 5.82 Å². The van der Waals surface area contributed by atoms with Crippen LogP contribution in [0.1, 0.15) is 35.2 Å². The van der Waals surface area contributed by atoms with Crippen molar-refractivity contribution in [1.29, 1.82) is 0 Å². The van der Waals surface area contributed by atoms with Gasteiger partial charge in [-0.25, -0.2) is 9.37 Å². The molecule has 0 spiro atoms. The maximum atomic E-state index is 14.1. The Morgan fingerprint density at radius 3 is 2.81 bits per heavy atom. The molecule has 2 aromatic rings. The van der Waals surface area contributed by atoms with E-state index in [-0.39, 0.29) is 17.7 Å². The Bertz CT molecular complexity index is 837. The topological polar surface area (TPSA) is 60.2 Å². The van der Waals surface area contributed by atoms with E-state index in [0.717, 1.165) is 17.8 Å². The normalized spacial score (nSPS) is 22.4. The van der Waals surface area contributed by atoms with Crippen LogP contribution in [0.2, 0.25) is 0 Å². The summed E-state index contributed by atoms with van der Waals surface area (Å²) in [7, 11) is 1.83. The van der Waals surface area contributed by atoms with Crippen LogP contribution in [0.4, 0.5) is 8.78 Å². The molecule has 3 heterocycles. The minimum Gasteiger partial charge on any atom is -0.376 e. The Kier molecular flexibility index (Phi) is 4.90. The molecule has 6 nitrogen and oxygen atoms in total. The molecule has 1 saturated carbocycles. The zero-order valence-corrected chi connectivity index (χ0v) is 15.1. The first kappa shape index (κ1) is 18.0. The van der Waals surface area contributed by atoms with Crippen molar-refractivity contribution in [1.82, 2.24) is 19.7 Å². The molecule has 1 aliphatic heterocycles. The summed E-state index contributed by atoms with van der Waals surface area (Å²) in [5.41, 5.74) is 0.685. The minimum atomic E-state index is -0.871. The highest BCUT2D eigenvalue weighted by atomic mass is 19.1. The third kappa shape index (κ3) is 4.00. The summed E-state index contributed by atoms with van der Waals surface area (Å²) in [6.45, 7) is 1.14. The number of hydrogen-bond donors (Lipinski definition) is 0. The molecule has 0 unspecified atom stereocenters. The first-order valence-electron chi connectivity index (χ1n) is 9.22. The van der Waals surface area contributed by atoms with Gasteiger partial charge >= 0.3 is 0 Å². The van der Waals surface area contributed by atoms with E-state index in [1.807, 2.05) is 13.2 Å². The molecule has 2 fully saturated rings. The Morgan fingerprint density at radius 1 is 1.30 bits per heavy atom. The monoisotopic (exact) mass is 376 g/mol. The molecule has 144 valence electrons. The molecule has 1 amide bonds. The van der Waals surface area contributed by atoms with Crippen LogP contribution in [0.5, 0.6) is 0 Å². The number of aromatic nitrogens is 3. The number of carbonyl (C=O) groups excluding carboxylic acids is 1. The standard InChI is InChI=1S/C19H22F2N4O2/c1-24-10-13(8-23-24)6-16-17(27-11-12-2-3-12)4-5-25(16)19(26)14-7-18(21)22-9-15(14)20/h7-10,12,16-17H,2-6,11H2,1H3/t16-,17+/m0/s1. The van der Waals surface area contributed by atoms with Gasteiger partial charge in [-0.3, -0.25) is 9.48 Å². The van der Waals surface area contributed by atoms with Crippen LogP contribution in [-0.2, 0) is 18.2 Å². The van der Waals surface area contributed by atoms with Gasteiger partial charge in [0.05, 0.1) is 30.1 Å². The van der Waals surface area contributed by atoms with Gasteiger partial charge in [0.1, 0.15) is 0 Å². The third-order valence-electron chi connectivity index (χ3n) is 5.24. The van der Waals surface area contributed by atoms with Crippen LogP contribution in [-0.4, -0.2) is 50.9 Å². The lowest BCUT2D eigenvalue weighted by Gasteiger charge is -2.28.